The lowest BCUT2D eigenvalue weighted by Crippen LogP contribution is -2.27. The summed E-state index contributed by atoms with van der Waals surface area (Å²) in [4.78, 5) is 11.3. The highest BCUT2D eigenvalue weighted by Crippen LogP contribution is 2.18. The van der Waals surface area contributed by atoms with Crippen molar-refractivity contribution in [1.29, 1.82) is 0 Å². The fourth-order valence-electron chi connectivity index (χ4n) is 1.53. The van der Waals surface area contributed by atoms with Gasteiger partial charge in [0.25, 0.3) is 0 Å². The second-order valence-corrected chi connectivity index (χ2v) is 4.62. The Hall–Kier alpha value is -2.21. The highest BCUT2D eigenvalue weighted by molar-refractivity contribution is 5.78. The van der Waals surface area contributed by atoms with Gasteiger partial charge < -0.3 is 10.1 Å². The standard InChI is InChI=1S/C17H21NO2/c1-4-9-15-10-5-6-11-16(15)20-13-8-7-12-18-17(19)14(2)3/h4-6,10-11,14H,1,9,12-13H2,2-3H3,(H,18,19). The van der Waals surface area contributed by atoms with Crippen LogP contribution >= 0.6 is 0 Å². The molecule has 1 N–H and O–H groups in total. The van der Waals surface area contributed by atoms with Crippen molar-refractivity contribution in [3.05, 3.63) is 42.5 Å². The first-order chi connectivity index (χ1) is 9.65. The van der Waals surface area contributed by atoms with Gasteiger partial charge in [-0.05, 0) is 18.1 Å². The zero-order chi connectivity index (χ0) is 14.8. The maximum atomic E-state index is 11.3. The minimum atomic E-state index is -0.0150. The van der Waals surface area contributed by atoms with Crippen LogP contribution in [0, 0.1) is 17.8 Å². The van der Waals surface area contributed by atoms with Crippen LogP contribution in [0.25, 0.3) is 0 Å². The summed E-state index contributed by atoms with van der Waals surface area (Å²) >= 11 is 0. The van der Waals surface area contributed by atoms with Crippen molar-refractivity contribution in [2.45, 2.75) is 20.3 Å². The molecule has 0 atom stereocenters. The lowest BCUT2D eigenvalue weighted by Gasteiger charge is -2.07. The largest absolute Gasteiger partial charge is 0.481 e. The third-order valence-corrected chi connectivity index (χ3v) is 2.64. The smallest absolute Gasteiger partial charge is 0.223 e. The Balaban J connectivity index is 2.38. The Labute approximate surface area is 121 Å². The van der Waals surface area contributed by atoms with Gasteiger partial charge in [0.1, 0.15) is 12.4 Å². The number of carbonyl (C=O) groups excluding carboxylic acids is 1. The van der Waals surface area contributed by atoms with Crippen molar-refractivity contribution in [1.82, 2.24) is 5.32 Å². The van der Waals surface area contributed by atoms with Crippen molar-refractivity contribution < 1.29 is 9.53 Å². The average molecular weight is 271 g/mol. The summed E-state index contributed by atoms with van der Waals surface area (Å²) in [5.74, 6) is 6.57. The van der Waals surface area contributed by atoms with E-state index in [0.29, 0.717) is 13.2 Å². The number of allylic oxidation sites excluding steroid dienone is 1. The summed E-state index contributed by atoms with van der Waals surface area (Å²) in [5, 5.41) is 2.73. The van der Waals surface area contributed by atoms with Gasteiger partial charge in [0.15, 0.2) is 0 Å². The van der Waals surface area contributed by atoms with E-state index in [2.05, 4.69) is 23.7 Å². The molecule has 0 spiro atoms. The van der Waals surface area contributed by atoms with Gasteiger partial charge in [-0.3, -0.25) is 4.79 Å². The molecule has 1 aromatic rings. The van der Waals surface area contributed by atoms with E-state index in [9.17, 15) is 4.79 Å². The molecule has 0 saturated carbocycles. The minimum absolute atomic E-state index is 0.0107. The molecule has 0 fully saturated rings. The van der Waals surface area contributed by atoms with Crippen molar-refractivity contribution in [2.75, 3.05) is 13.2 Å². The number of rotatable bonds is 6. The number of nitrogens with one attached hydrogen (secondary N) is 1. The summed E-state index contributed by atoms with van der Waals surface area (Å²) in [7, 11) is 0. The van der Waals surface area contributed by atoms with E-state index >= 15 is 0 Å². The van der Waals surface area contributed by atoms with Crippen LogP contribution < -0.4 is 10.1 Å². The Bertz CT molecular complexity index is 509. The van der Waals surface area contributed by atoms with Gasteiger partial charge in [-0.1, -0.05) is 50.0 Å². The van der Waals surface area contributed by atoms with Crippen molar-refractivity contribution >= 4 is 5.91 Å². The van der Waals surface area contributed by atoms with E-state index < -0.39 is 0 Å². The molecule has 106 valence electrons. The zero-order valence-corrected chi connectivity index (χ0v) is 12.1. The van der Waals surface area contributed by atoms with Crippen LogP contribution in [0.2, 0.25) is 0 Å². The normalized spacial score (nSPS) is 9.55. The second-order valence-electron chi connectivity index (χ2n) is 4.62. The first kappa shape index (κ1) is 15.8. The molecule has 3 heteroatoms. The Morgan fingerprint density at radius 2 is 2.15 bits per heavy atom. The Morgan fingerprint density at radius 1 is 1.40 bits per heavy atom. The number of ether oxygens (including phenoxy) is 1. The van der Waals surface area contributed by atoms with Crippen LogP contribution in [-0.2, 0) is 11.2 Å². The van der Waals surface area contributed by atoms with E-state index in [-0.39, 0.29) is 11.8 Å². The van der Waals surface area contributed by atoms with E-state index in [1.807, 2.05) is 44.2 Å². The van der Waals surface area contributed by atoms with Crippen LogP contribution in [0.5, 0.6) is 5.75 Å². The minimum Gasteiger partial charge on any atom is -0.481 e. The van der Waals surface area contributed by atoms with Crippen molar-refractivity contribution in [3.63, 3.8) is 0 Å². The molecule has 0 bridgehead atoms. The van der Waals surface area contributed by atoms with Gasteiger partial charge in [-0.15, -0.1) is 6.58 Å². The number of amides is 1. The van der Waals surface area contributed by atoms with Crippen LogP contribution in [-0.4, -0.2) is 19.1 Å². The van der Waals surface area contributed by atoms with Gasteiger partial charge in [0.05, 0.1) is 6.54 Å². The van der Waals surface area contributed by atoms with Crippen LogP contribution in [0.15, 0.2) is 36.9 Å². The Morgan fingerprint density at radius 3 is 2.85 bits per heavy atom. The third kappa shape index (κ3) is 5.62. The highest BCUT2D eigenvalue weighted by Gasteiger charge is 2.03. The van der Waals surface area contributed by atoms with E-state index in [1.165, 1.54) is 0 Å². The number of carbonyl (C=O) groups is 1. The fourth-order valence-corrected chi connectivity index (χ4v) is 1.53. The lowest BCUT2D eigenvalue weighted by molar-refractivity contribution is -0.123. The molecule has 0 saturated heterocycles. The average Bonchev–Trinajstić information content (AvgIpc) is 2.44. The lowest BCUT2D eigenvalue weighted by atomic mass is 10.1. The molecule has 20 heavy (non-hydrogen) atoms. The monoisotopic (exact) mass is 271 g/mol. The van der Waals surface area contributed by atoms with Gasteiger partial charge in [-0.25, -0.2) is 0 Å². The van der Waals surface area contributed by atoms with Gasteiger partial charge in [0.2, 0.25) is 5.91 Å². The molecule has 0 heterocycles. The molecule has 0 unspecified atom stereocenters. The summed E-state index contributed by atoms with van der Waals surface area (Å²) in [5.41, 5.74) is 1.09. The number of hydrogen-bond acceptors (Lipinski definition) is 2. The number of para-hydroxylation sites is 1. The van der Waals surface area contributed by atoms with Gasteiger partial charge in [-0.2, -0.15) is 0 Å². The van der Waals surface area contributed by atoms with Gasteiger partial charge in [0, 0.05) is 5.92 Å². The van der Waals surface area contributed by atoms with Crippen molar-refractivity contribution in [3.8, 4) is 17.6 Å². The molecule has 3 nitrogen and oxygen atoms in total. The maximum Gasteiger partial charge on any atom is 0.223 e. The van der Waals surface area contributed by atoms with E-state index in [1.54, 1.807) is 0 Å². The zero-order valence-electron chi connectivity index (χ0n) is 12.1. The maximum absolute atomic E-state index is 11.3. The summed E-state index contributed by atoms with van der Waals surface area (Å²) in [6, 6.07) is 7.82. The van der Waals surface area contributed by atoms with Crippen LogP contribution in [0.1, 0.15) is 19.4 Å². The van der Waals surface area contributed by atoms with E-state index in [4.69, 9.17) is 4.74 Å². The summed E-state index contributed by atoms with van der Waals surface area (Å²) < 4.78 is 5.61. The predicted molar refractivity (Wildman–Crippen MR) is 81.5 cm³/mol. The highest BCUT2D eigenvalue weighted by atomic mass is 16.5. The molecule has 0 aliphatic carbocycles. The Kier molecular flexibility index (Phi) is 6.99. The van der Waals surface area contributed by atoms with E-state index in [0.717, 1.165) is 17.7 Å². The summed E-state index contributed by atoms with van der Waals surface area (Å²) in [6.07, 6.45) is 2.61. The number of hydrogen-bond donors (Lipinski definition) is 1. The molecule has 1 amide bonds. The van der Waals surface area contributed by atoms with Gasteiger partial charge >= 0.3 is 0 Å². The first-order valence-electron chi connectivity index (χ1n) is 6.70. The SMILES string of the molecule is C=CCc1ccccc1OCC#CCNC(=O)C(C)C. The molecular formula is C17H21NO2. The molecule has 0 aliphatic rings. The molecule has 0 aromatic heterocycles. The first-order valence-corrected chi connectivity index (χ1v) is 6.70. The van der Waals surface area contributed by atoms with Crippen LogP contribution in [0.3, 0.4) is 0 Å². The molecule has 0 radical (unpaired) electrons. The quantitative estimate of drug-likeness (QED) is 0.638. The molecule has 0 aliphatic heterocycles. The topological polar surface area (TPSA) is 38.3 Å². The fraction of sp³-hybridized carbons (Fsp3) is 0.353. The predicted octanol–water partition coefficient (Wildman–Crippen LogP) is 2.57. The number of benzene rings is 1. The summed E-state index contributed by atoms with van der Waals surface area (Å²) in [6.45, 7) is 8.09. The molecule has 1 aromatic carbocycles. The van der Waals surface area contributed by atoms with Crippen LogP contribution in [0.4, 0.5) is 0 Å². The second kappa shape index (κ2) is 8.82. The third-order valence-electron chi connectivity index (χ3n) is 2.64. The molecule has 1 rings (SSSR count). The van der Waals surface area contributed by atoms with Crippen molar-refractivity contribution in [2.24, 2.45) is 5.92 Å². The molecular weight excluding hydrogens is 250 g/mol.